The largest absolute Gasteiger partial charge is 0.496 e. The third-order valence-electron chi connectivity index (χ3n) is 4.31. The Morgan fingerprint density at radius 1 is 1.10 bits per heavy atom. The molecule has 150 valence electrons. The second-order valence-corrected chi connectivity index (χ2v) is 6.03. The fraction of sp³-hybridized carbons (Fsp3) is 0.0526. The van der Waals surface area contributed by atoms with Crippen LogP contribution < -0.4 is 15.6 Å². The smallest absolute Gasteiger partial charge is 0.355 e. The summed E-state index contributed by atoms with van der Waals surface area (Å²) in [5.41, 5.74) is 6.06. The van der Waals surface area contributed by atoms with Gasteiger partial charge in [0.05, 0.1) is 28.6 Å². The van der Waals surface area contributed by atoms with Gasteiger partial charge in [-0.3, -0.25) is 30.3 Å². The van der Waals surface area contributed by atoms with Gasteiger partial charge in [0.1, 0.15) is 18.4 Å². The van der Waals surface area contributed by atoms with Crippen molar-refractivity contribution >= 4 is 28.4 Å². The summed E-state index contributed by atoms with van der Waals surface area (Å²) < 4.78 is 6.65. The van der Waals surface area contributed by atoms with Gasteiger partial charge in [-0.15, -0.1) is 0 Å². The van der Waals surface area contributed by atoms with Crippen LogP contribution in [0.15, 0.2) is 61.2 Å². The summed E-state index contributed by atoms with van der Waals surface area (Å²) >= 11 is 0. The number of hydrazine groups is 1. The number of nitro groups is 1. The minimum Gasteiger partial charge on any atom is -0.496 e. The normalized spacial score (nSPS) is 10.6. The van der Waals surface area contributed by atoms with Gasteiger partial charge in [0.2, 0.25) is 11.6 Å². The van der Waals surface area contributed by atoms with E-state index in [1.807, 2.05) is 6.07 Å². The molecule has 0 aliphatic rings. The van der Waals surface area contributed by atoms with E-state index in [0.29, 0.717) is 16.8 Å². The molecule has 1 amide bonds. The van der Waals surface area contributed by atoms with Crippen LogP contribution >= 0.6 is 0 Å². The van der Waals surface area contributed by atoms with E-state index in [4.69, 9.17) is 4.74 Å². The minimum absolute atomic E-state index is 0.0118. The fourth-order valence-electron chi connectivity index (χ4n) is 2.95. The average Bonchev–Trinajstić information content (AvgIpc) is 3.21. The monoisotopic (exact) mass is 405 g/mol. The van der Waals surface area contributed by atoms with Gasteiger partial charge in [0, 0.05) is 0 Å². The number of benzene rings is 2. The van der Waals surface area contributed by atoms with Crippen LogP contribution in [0.1, 0.15) is 10.4 Å². The number of nitrogens with one attached hydrogen (secondary N) is 2. The number of ether oxygens (including phenoxy) is 1. The first-order valence-electron chi connectivity index (χ1n) is 8.71. The standard InChI is InChI=1S/C19H15N7O4/c1-30-15-9-5-2-6-12(15)19(27)24-23-17-16(26(28)29)18(21-10-20-17)25-11-22-13-7-3-4-8-14(13)25/h2-11H,1H3,(H,24,27)(H,20,21,23). The van der Waals surface area contributed by atoms with Gasteiger partial charge in [0.25, 0.3) is 5.91 Å². The van der Waals surface area contributed by atoms with Gasteiger partial charge in [-0.1, -0.05) is 24.3 Å². The van der Waals surface area contributed by atoms with E-state index in [9.17, 15) is 14.9 Å². The van der Waals surface area contributed by atoms with Crippen molar-refractivity contribution in [1.82, 2.24) is 24.9 Å². The fourth-order valence-corrected chi connectivity index (χ4v) is 2.95. The summed E-state index contributed by atoms with van der Waals surface area (Å²) in [6.07, 6.45) is 2.60. The molecule has 30 heavy (non-hydrogen) atoms. The van der Waals surface area contributed by atoms with Crippen molar-refractivity contribution in [3.63, 3.8) is 0 Å². The number of rotatable bonds is 6. The average molecular weight is 405 g/mol. The van der Waals surface area contributed by atoms with E-state index in [0.717, 1.165) is 6.33 Å². The number of imidazole rings is 1. The molecule has 11 nitrogen and oxygen atoms in total. The van der Waals surface area contributed by atoms with E-state index in [-0.39, 0.29) is 17.2 Å². The van der Waals surface area contributed by atoms with E-state index in [2.05, 4.69) is 25.8 Å². The van der Waals surface area contributed by atoms with Crippen molar-refractivity contribution in [1.29, 1.82) is 0 Å². The number of aromatic nitrogens is 4. The molecule has 4 rings (SSSR count). The molecule has 2 heterocycles. The molecule has 0 atom stereocenters. The lowest BCUT2D eigenvalue weighted by atomic mass is 10.2. The van der Waals surface area contributed by atoms with Gasteiger partial charge in [-0.2, -0.15) is 0 Å². The molecule has 0 aliphatic heterocycles. The maximum Gasteiger partial charge on any atom is 0.355 e. The summed E-state index contributed by atoms with van der Waals surface area (Å²) in [6, 6.07) is 13.7. The van der Waals surface area contributed by atoms with Crippen molar-refractivity contribution < 1.29 is 14.5 Å². The number of carbonyl (C=O) groups is 1. The summed E-state index contributed by atoms with van der Waals surface area (Å²) in [5, 5.41) is 11.8. The van der Waals surface area contributed by atoms with Crippen LogP contribution in [0.25, 0.3) is 16.9 Å². The first-order chi connectivity index (χ1) is 14.6. The number of methoxy groups -OCH3 is 1. The molecular formula is C19H15N7O4. The first-order valence-corrected chi connectivity index (χ1v) is 8.71. The van der Waals surface area contributed by atoms with Crippen LogP contribution in [0.4, 0.5) is 11.5 Å². The zero-order chi connectivity index (χ0) is 21.1. The molecule has 0 aliphatic carbocycles. The summed E-state index contributed by atoms with van der Waals surface area (Å²) in [5.74, 6) is -0.349. The highest BCUT2D eigenvalue weighted by molar-refractivity contribution is 5.97. The number of hydrogen-bond donors (Lipinski definition) is 2. The molecule has 0 saturated heterocycles. The van der Waals surface area contributed by atoms with E-state index in [1.165, 1.54) is 18.0 Å². The number of carbonyl (C=O) groups excluding carboxylic acids is 1. The highest BCUT2D eigenvalue weighted by Gasteiger charge is 2.26. The maximum absolute atomic E-state index is 12.5. The van der Waals surface area contributed by atoms with E-state index < -0.39 is 16.5 Å². The number of fused-ring (bicyclic) bond motifs is 1. The van der Waals surface area contributed by atoms with Gasteiger partial charge in [-0.05, 0) is 24.3 Å². The molecule has 2 aromatic heterocycles. The maximum atomic E-state index is 12.5. The van der Waals surface area contributed by atoms with Gasteiger partial charge in [-0.25, -0.2) is 15.0 Å². The Balaban J connectivity index is 1.69. The molecule has 0 unspecified atom stereocenters. The molecule has 11 heteroatoms. The topological polar surface area (TPSA) is 137 Å². The Morgan fingerprint density at radius 3 is 2.67 bits per heavy atom. The quantitative estimate of drug-likeness (QED) is 0.369. The highest BCUT2D eigenvalue weighted by Crippen LogP contribution is 2.29. The Labute approximate surface area is 169 Å². The highest BCUT2D eigenvalue weighted by atomic mass is 16.6. The zero-order valence-corrected chi connectivity index (χ0v) is 15.6. The van der Waals surface area contributed by atoms with E-state index >= 15 is 0 Å². The van der Waals surface area contributed by atoms with Crippen LogP contribution in [0, 0.1) is 10.1 Å². The minimum atomic E-state index is -0.623. The van der Waals surface area contributed by atoms with E-state index in [1.54, 1.807) is 42.5 Å². The summed E-state index contributed by atoms with van der Waals surface area (Å²) in [7, 11) is 1.44. The molecule has 0 spiro atoms. The summed E-state index contributed by atoms with van der Waals surface area (Å²) in [6.45, 7) is 0. The van der Waals surface area contributed by atoms with Gasteiger partial charge in [0.15, 0.2) is 0 Å². The van der Waals surface area contributed by atoms with Crippen molar-refractivity contribution in [2.24, 2.45) is 0 Å². The van der Waals surface area contributed by atoms with Gasteiger partial charge >= 0.3 is 5.69 Å². The molecule has 0 fully saturated rings. The van der Waals surface area contributed by atoms with Crippen LogP contribution in [-0.2, 0) is 0 Å². The lowest BCUT2D eigenvalue weighted by molar-refractivity contribution is -0.384. The summed E-state index contributed by atoms with van der Waals surface area (Å²) in [4.78, 5) is 35.9. The number of para-hydroxylation sites is 3. The molecule has 2 aromatic carbocycles. The lowest BCUT2D eigenvalue weighted by Gasteiger charge is -2.12. The molecule has 0 saturated carbocycles. The van der Waals surface area contributed by atoms with Gasteiger partial charge < -0.3 is 4.74 Å². The Bertz CT molecular complexity index is 1250. The van der Waals surface area contributed by atoms with Crippen molar-refractivity contribution in [3.8, 4) is 11.6 Å². The Kier molecular flexibility index (Phi) is 4.91. The number of anilines is 1. The third-order valence-corrected chi connectivity index (χ3v) is 4.31. The lowest BCUT2D eigenvalue weighted by Crippen LogP contribution is -2.30. The third kappa shape index (κ3) is 3.35. The predicted molar refractivity (Wildman–Crippen MR) is 107 cm³/mol. The second kappa shape index (κ2) is 7.83. The van der Waals surface area contributed by atoms with Crippen LogP contribution in [0.2, 0.25) is 0 Å². The number of hydrogen-bond acceptors (Lipinski definition) is 8. The molecular weight excluding hydrogens is 390 g/mol. The molecule has 0 radical (unpaired) electrons. The molecule has 2 N–H and O–H groups in total. The van der Waals surface area contributed by atoms with Crippen molar-refractivity contribution in [2.75, 3.05) is 12.5 Å². The molecule has 4 aromatic rings. The predicted octanol–water partition coefficient (Wildman–Crippen LogP) is 2.49. The van der Waals surface area contributed by atoms with Crippen molar-refractivity contribution in [3.05, 3.63) is 76.9 Å². The second-order valence-electron chi connectivity index (χ2n) is 6.03. The first kappa shape index (κ1) is 18.8. The zero-order valence-electron chi connectivity index (χ0n) is 15.6. The Hall–Kier alpha value is -4.54. The number of amides is 1. The van der Waals surface area contributed by atoms with Crippen LogP contribution in [0.5, 0.6) is 5.75 Å². The SMILES string of the molecule is COc1ccccc1C(=O)NNc1ncnc(-n2cnc3ccccc32)c1[N+](=O)[O-]. The molecule has 0 bridgehead atoms. The van der Waals surface area contributed by atoms with Crippen LogP contribution in [0.3, 0.4) is 0 Å². The Morgan fingerprint density at radius 2 is 1.87 bits per heavy atom. The van der Waals surface area contributed by atoms with Crippen molar-refractivity contribution in [2.45, 2.75) is 0 Å². The number of nitrogens with zero attached hydrogens (tertiary/aromatic N) is 5. The van der Waals surface area contributed by atoms with Crippen LogP contribution in [-0.4, -0.2) is 37.5 Å².